The zero-order chi connectivity index (χ0) is 19.6. The number of aromatic nitrogens is 3. The van der Waals surface area contributed by atoms with Gasteiger partial charge < -0.3 is 4.74 Å². The molecule has 0 aliphatic carbocycles. The molecule has 1 saturated heterocycles. The second-order valence-electron chi connectivity index (χ2n) is 6.46. The number of nitrogens with zero attached hydrogens (tertiary/aromatic N) is 3. The number of nitrogens with one attached hydrogen (secondary N) is 1. The van der Waals surface area contributed by atoms with Crippen LogP contribution in [-0.2, 0) is 21.3 Å². The number of aromatic amines is 1. The van der Waals surface area contributed by atoms with E-state index in [1.807, 2.05) is 34.9 Å². The molecular formula is C19H20N4O3S2. The first-order chi connectivity index (χ1) is 13.6. The van der Waals surface area contributed by atoms with Crippen molar-refractivity contribution in [1.82, 2.24) is 19.1 Å². The molecule has 1 fully saturated rings. The van der Waals surface area contributed by atoms with E-state index in [2.05, 4.69) is 10.2 Å². The highest BCUT2D eigenvalue weighted by molar-refractivity contribution is 7.89. The molecule has 1 N–H and O–H groups in total. The third-order valence-electron chi connectivity index (χ3n) is 4.66. The van der Waals surface area contributed by atoms with Gasteiger partial charge in [0.1, 0.15) is 0 Å². The summed E-state index contributed by atoms with van der Waals surface area (Å²) < 4.78 is 34.7. The Morgan fingerprint density at radius 2 is 1.71 bits per heavy atom. The molecule has 0 atom stereocenters. The van der Waals surface area contributed by atoms with Gasteiger partial charge in [-0.05, 0) is 42.0 Å². The van der Waals surface area contributed by atoms with E-state index in [-0.39, 0.29) is 4.90 Å². The van der Waals surface area contributed by atoms with Gasteiger partial charge in [-0.2, -0.15) is 9.40 Å². The largest absolute Gasteiger partial charge is 0.379 e. The highest BCUT2D eigenvalue weighted by Crippen LogP contribution is 2.23. The maximum absolute atomic E-state index is 12.8. The number of hydrogen-bond acceptors (Lipinski definition) is 5. The molecule has 146 valence electrons. The Kier molecular flexibility index (Phi) is 5.40. The van der Waals surface area contributed by atoms with Crippen LogP contribution in [0.1, 0.15) is 5.56 Å². The van der Waals surface area contributed by atoms with Crippen LogP contribution >= 0.6 is 12.2 Å². The summed E-state index contributed by atoms with van der Waals surface area (Å²) in [5, 5.41) is 7.16. The van der Waals surface area contributed by atoms with E-state index in [4.69, 9.17) is 17.0 Å². The highest BCUT2D eigenvalue weighted by atomic mass is 32.2. The van der Waals surface area contributed by atoms with Crippen molar-refractivity contribution in [3.05, 3.63) is 64.9 Å². The van der Waals surface area contributed by atoms with E-state index in [9.17, 15) is 8.42 Å². The first-order valence-corrected chi connectivity index (χ1v) is 10.8. The lowest BCUT2D eigenvalue weighted by atomic mass is 10.2. The van der Waals surface area contributed by atoms with Crippen molar-refractivity contribution in [2.45, 2.75) is 11.4 Å². The molecule has 0 spiro atoms. The lowest BCUT2D eigenvalue weighted by molar-refractivity contribution is 0.0730. The predicted molar refractivity (Wildman–Crippen MR) is 108 cm³/mol. The molecule has 3 aromatic rings. The van der Waals surface area contributed by atoms with Gasteiger partial charge in [0.15, 0.2) is 10.6 Å². The number of sulfonamides is 1. The minimum absolute atomic E-state index is 0.266. The van der Waals surface area contributed by atoms with Crippen molar-refractivity contribution in [1.29, 1.82) is 0 Å². The molecule has 4 rings (SSSR count). The van der Waals surface area contributed by atoms with E-state index in [1.165, 1.54) is 4.31 Å². The summed E-state index contributed by atoms with van der Waals surface area (Å²) in [7, 11) is -3.52. The average molecular weight is 417 g/mol. The van der Waals surface area contributed by atoms with E-state index >= 15 is 0 Å². The van der Waals surface area contributed by atoms with Gasteiger partial charge in [-0.25, -0.2) is 8.42 Å². The summed E-state index contributed by atoms with van der Waals surface area (Å²) in [5.74, 6) is 0.671. The Morgan fingerprint density at radius 1 is 1.04 bits per heavy atom. The Labute approximate surface area is 168 Å². The molecule has 0 bridgehead atoms. The lowest BCUT2D eigenvalue weighted by Gasteiger charge is -2.26. The van der Waals surface area contributed by atoms with Crippen LogP contribution in [0, 0.1) is 4.77 Å². The van der Waals surface area contributed by atoms with E-state index in [0.717, 1.165) is 11.1 Å². The van der Waals surface area contributed by atoms with Crippen molar-refractivity contribution in [2.75, 3.05) is 26.3 Å². The molecule has 2 heterocycles. The smallest absolute Gasteiger partial charge is 0.243 e. The number of ether oxygens (including phenoxy) is 1. The quantitative estimate of drug-likeness (QED) is 0.647. The van der Waals surface area contributed by atoms with Gasteiger partial charge in [0.05, 0.1) is 24.7 Å². The van der Waals surface area contributed by atoms with Crippen molar-refractivity contribution in [2.24, 2.45) is 0 Å². The fourth-order valence-corrected chi connectivity index (χ4v) is 4.77. The van der Waals surface area contributed by atoms with Gasteiger partial charge in [0, 0.05) is 18.7 Å². The molecule has 7 nitrogen and oxygen atoms in total. The van der Waals surface area contributed by atoms with Gasteiger partial charge in [0.2, 0.25) is 10.0 Å². The molecule has 1 aliphatic rings. The normalized spacial score (nSPS) is 15.6. The maximum atomic E-state index is 12.8. The van der Waals surface area contributed by atoms with Crippen LogP contribution in [0.5, 0.6) is 0 Å². The molecular weight excluding hydrogens is 396 g/mol. The Bertz CT molecular complexity index is 1100. The monoisotopic (exact) mass is 416 g/mol. The van der Waals surface area contributed by atoms with Gasteiger partial charge >= 0.3 is 0 Å². The molecule has 0 radical (unpaired) electrons. The predicted octanol–water partition coefficient (Wildman–Crippen LogP) is 2.68. The SMILES string of the molecule is O=S(=O)(c1ccc(-c2n[nH]c(=S)n2Cc2ccccc2)cc1)N1CCOCC1. The molecule has 0 unspecified atom stereocenters. The third kappa shape index (κ3) is 3.79. The Morgan fingerprint density at radius 3 is 2.39 bits per heavy atom. The van der Waals surface area contributed by atoms with E-state index < -0.39 is 10.0 Å². The van der Waals surface area contributed by atoms with Crippen LogP contribution in [0.2, 0.25) is 0 Å². The topological polar surface area (TPSA) is 80.2 Å². The second-order valence-corrected chi connectivity index (χ2v) is 8.79. The average Bonchev–Trinajstić information content (AvgIpc) is 3.10. The first kappa shape index (κ1) is 19.0. The maximum Gasteiger partial charge on any atom is 0.243 e. The van der Waals surface area contributed by atoms with Crippen molar-refractivity contribution in [3.8, 4) is 11.4 Å². The van der Waals surface area contributed by atoms with Crippen molar-refractivity contribution < 1.29 is 13.2 Å². The molecule has 2 aromatic carbocycles. The fraction of sp³-hybridized carbons (Fsp3) is 0.263. The third-order valence-corrected chi connectivity index (χ3v) is 6.89. The van der Waals surface area contributed by atoms with E-state index in [0.29, 0.717) is 43.4 Å². The molecule has 1 aliphatic heterocycles. The van der Waals surface area contributed by atoms with Gasteiger partial charge in [-0.3, -0.25) is 9.67 Å². The van der Waals surface area contributed by atoms with Gasteiger partial charge in [-0.15, -0.1) is 0 Å². The Hall–Kier alpha value is -2.33. The van der Waals surface area contributed by atoms with Gasteiger partial charge in [0.25, 0.3) is 0 Å². The molecule has 0 amide bonds. The summed E-state index contributed by atoms with van der Waals surface area (Å²) in [6.45, 7) is 2.18. The summed E-state index contributed by atoms with van der Waals surface area (Å²) >= 11 is 5.37. The number of rotatable bonds is 5. The van der Waals surface area contributed by atoms with Crippen LogP contribution in [0.3, 0.4) is 0 Å². The number of benzene rings is 2. The molecule has 1 aromatic heterocycles. The highest BCUT2D eigenvalue weighted by Gasteiger charge is 2.26. The number of H-pyrrole nitrogens is 1. The summed E-state index contributed by atoms with van der Waals surface area (Å²) in [6, 6.07) is 16.7. The number of morpholine rings is 1. The molecule has 9 heteroatoms. The van der Waals surface area contributed by atoms with Crippen LogP contribution < -0.4 is 0 Å². The van der Waals surface area contributed by atoms with Crippen molar-refractivity contribution >= 4 is 22.2 Å². The number of hydrogen-bond donors (Lipinski definition) is 1. The zero-order valence-corrected chi connectivity index (χ0v) is 16.7. The summed E-state index contributed by atoms with van der Waals surface area (Å²) in [5.41, 5.74) is 1.90. The zero-order valence-electron chi connectivity index (χ0n) is 15.1. The van der Waals surface area contributed by atoms with Crippen LogP contribution in [-0.4, -0.2) is 53.8 Å². The standard InChI is InChI=1S/C19H20N4O3S2/c24-28(25,22-10-12-26-13-11-22)17-8-6-16(7-9-17)18-20-21-19(27)23(18)14-15-4-2-1-3-5-15/h1-9H,10-14H2,(H,21,27). The Balaban J connectivity index is 1.62. The molecule has 28 heavy (non-hydrogen) atoms. The van der Waals surface area contributed by atoms with E-state index in [1.54, 1.807) is 24.3 Å². The van der Waals surface area contributed by atoms with Crippen LogP contribution in [0.4, 0.5) is 0 Å². The second kappa shape index (κ2) is 7.96. The van der Waals surface area contributed by atoms with Crippen LogP contribution in [0.25, 0.3) is 11.4 Å². The fourth-order valence-electron chi connectivity index (χ4n) is 3.16. The van der Waals surface area contributed by atoms with Crippen LogP contribution in [0.15, 0.2) is 59.5 Å². The summed E-state index contributed by atoms with van der Waals surface area (Å²) in [6.07, 6.45) is 0. The summed E-state index contributed by atoms with van der Waals surface area (Å²) in [4.78, 5) is 0.266. The lowest BCUT2D eigenvalue weighted by Crippen LogP contribution is -2.40. The minimum Gasteiger partial charge on any atom is -0.379 e. The van der Waals surface area contributed by atoms with Gasteiger partial charge in [-0.1, -0.05) is 30.3 Å². The molecule has 0 saturated carbocycles. The first-order valence-electron chi connectivity index (χ1n) is 8.93. The van der Waals surface area contributed by atoms with Crippen molar-refractivity contribution in [3.63, 3.8) is 0 Å². The minimum atomic E-state index is -3.52.